The third kappa shape index (κ3) is 6.29. The SMILES string of the molecule is CC1CCCN(Cc2ccc(CNC(=O)CCC(=O)c3cccs3)cc2)C1. The smallest absolute Gasteiger partial charge is 0.220 e. The molecule has 2 heterocycles. The molecule has 0 spiro atoms. The lowest BCUT2D eigenvalue weighted by Gasteiger charge is -2.30. The Labute approximate surface area is 165 Å². The molecule has 5 heteroatoms. The summed E-state index contributed by atoms with van der Waals surface area (Å²) in [6, 6.07) is 12.1. The van der Waals surface area contributed by atoms with Crippen LogP contribution in [0.25, 0.3) is 0 Å². The molecule has 1 saturated heterocycles. The van der Waals surface area contributed by atoms with Crippen LogP contribution < -0.4 is 5.32 Å². The van der Waals surface area contributed by atoms with Crippen molar-refractivity contribution in [1.29, 1.82) is 0 Å². The maximum absolute atomic E-state index is 12.0. The second kappa shape index (κ2) is 9.81. The first-order valence-electron chi connectivity index (χ1n) is 9.74. The maximum Gasteiger partial charge on any atom is 0.220 e. The van der Waals surface area contributed by atoms with E-state index in [9.17, 15) is 9.59 Å². The van der Waals surface area contributed by atoms with Crippen LogP contribution in [0.1, 0.15) is 53.4 Å². The number of piperidine rings is 1. The number of ketones is 1. The van der Waals surface area contributed by atoms with Gasteiger partial charge < -0.3 is 5.32 Å². The van der Waals surface area contributed by atoms with Crippen molar-refractivity contribution in [3.8, 4) is 0 Å². The molecule has 1 N–H and O–H groups in total. The first kappa shape index (κ1) is 19.8. The fraction of sp³-hybridized carbons (Fsp3) is 0.455. The predicted molar refractivity (Wildman–Crippen MR) is 110 cm³/mol. The molecule has 1 atom stereocenters. The van der Waals surface area contributed by atoms with Gasteiger partial charge in [0.25, 0.3) is 0 Å². The monoisotopic (exact) mass is 384 g/mol. The van der Waals surface area contributed by atoms with Gasteiger partial charge in [0.1, 0.15) is 0 Å². The van der Waals surface area contributed by atoms with Crippen LogP contribution in [0, 0.1) is 5.92 Å². The van der Waals surface area contributed by atoms with Crippen molar-refractivity contribution >= 4 is 23.0 Å². The van der Waals surface area contributed by atoms with E-state index in [1.54, 1.807) is 6.07 Å². The van der Waals surface area contributed by atoms with E-state index in [1.807, 2.05) is 11.4 Å². The molecule has 1 aliphatic heterocycles. The minimum atomic E-state index is -0.0775. The fourth-order valence-corrected chi connectivity index (χ4v) is 4.22. The highest BCUT2D eigenvalue weighted by molar-refractivity contribution is 7.12. The van der Waals surface area contributed by atoms with E-state index in [1.165, 1.54) is 42.8 Å². The van der Waals surface area contributed by atoms with E-state index in [4.69, 9.17) is 0 Å². The molecule has 1 unspecified atom stereocenters. The highest BCUT2D eigenvalue weighted by Crippen LogP contribution is 2.18. The Hall–Kier alpha value is -1.98. The summed E-state index contributed by atoms with van der Waals surface area (Å²) >= 11 is 1.42. The van der Waals surface area contributed by atoms with Gasteiger partial charge in [0, 0.05) is 32.5 Å². The van der Waals surface area contributed by atoms with Gasteiger partial charge in [-0.3, -0.25) is 14.5 Å². The molecule has 27 heavy (non-hydrogen) atoms. The van der Waals surface area contributed by atoms with E-state index < -0.39 is 0 Å². The van der Waals surface area contributed by atoms with Gasteiger partial charge in [0.2, 0.25) is 5.91 Å². The number of carbonyl (C=O) groups is 2. The number of nitrogens with one attached hydrogen (secondary N) is 1. The Morgan fingerprint density at radius 1 is 1.15 bits per heavy atom. The number of nitrogens with zero attached hydrogens (tertiary/aromatic N) is 1. The number of amides is 1. The topological polar surface area (TPSA) is 49.4 Å². The molecule has 144 valence electrons. The summed E-state index contributed by atoms with van der Waals surface area (Å²) in [5.74, 6) is 0.753. The molecule has 0 aliphatic carbocycles. The quantitative estimate of drug-likeness (QED) is 0.692. The molecular weight excluding hydrogens is 356 g/mol. The Morgan fingerprint density at radius 2 is 1.93 bits per heavy atom. The highest BCUT2D eigenvalue weighted by atomic mass is 32.1. The van der Waals surface area contributed by atoms with Gasteiger partial charge in [-0.2, -0.15) is 0 Å². The number of hydrogen-bond acceptors (Lipinski definition) is 4. The van der Waals surface area contributed by atoms with Gasteiger partial charge >= 0.3 is 0 Å². The second-order valence-corrected chi connectivity index (χ2v) is 8.42. The van der Waals surface area contributed by atoms with Gasteiger partial charge in [-0.15, -0.1) is 11.3 Å². The minimum Gasteiger partial charge on any atom is -0.352 e. The van der Waals surface area contributed by atoms with Crippen LogP contribution in [0.3, 0.4) is 0 Å². The fourth-order valence-electron chi connectivity index (χ4n) is 3.53. The maximum atomic E-state index is 12.0. The standard InChI is InChI=1S/C22H28N2O2S/c1-17-4-2-12-24(15-17)16-19-8-6-18(7-9-19)14-23-22(26)11-10-20(25)21-5-3-13-27-21/h3,5-9,13,17H,2,4,10-12,14-16H2,1H3,(H,23,26). The van der Waals surface area contributed by atoms with E-state index >= 15 is 0 Å². The third-order valence-corrected chi connectivity index (χ3v) is 5.95. The number of rotatable bonds is 8. The molecule has 1 aromatic carbocycles. The Kier molecular flexibility index (Phi) is 7.18. The van der Waals surface area contributed by atoms with Gasteiger partial charge in [-0.1, -0.05) is 37.3 Å². The molecule has 1 amide bonds. The molecule has 3 rings (SSSR count). The predicted octanol–water partition coefficient (Wildman–Crippen LogP) is 4.26. The van der Waals surface area contributed by atoms with Crippen LogP contribution in [0.4, 0.5) is 0 Å². The molecule has 0 bridgehead atoms. The summed E-state index contributed by atoms with van der Waals surface area (Å²) in [6.07, 6.45) is 3.13. The van der Waals surface area contributed by atoms with E-state index in [-0.39, 0.29) is 24.5 Å². The average molecular weight is 385 g/mol. The van der Waals surface area contributed by atoms with Crippen molar-refractivity contribution in [3.63, 3.8) is 0 Å². The lowest BCUT2D eigenvalue weighted by Crippen LogP contribution is -2.33. The lowest BCUT2D eigenvalue weighted by atomic mass is 9.99. The van der Waals surface area contributed by atoms with Crippen molar-refractivity contribution in [2.45, 2.75) is 45.7 Å². The minimum absolute atomic E-state index is 0.0385. The Balaban J connectivity index is 1.39. The summed E-state index contributed by atoms with van der Waals surface area (Å²) in [4.78, 5) is 27.2. The van der Waals surface area contributed by atoms with E-state index in [2.05, 4.69) is 41.4 Å². The van der Waals surface area contributed by atoms with Gasteiger partial charge in [0.15, 0.2) is 5.78 Å². The Bertz CT molecular complexity index is 740. The van der Waals surface area contributed by atoms with Crippen molar-refractivity contribution in [2.75, 3.05) is 13.1 Å². The lowest BCUT2D eigenvalue weighted by molar-refractivity contribution is -0.121. The summed E-state index contributed by atoms with van der Waals surface area (Å²) in [5.41, 5.74) is 2.41. The molecule has 1 aliphatic rings. The number of benzene rings is 1. The highest BCUT2D eigenvalue weighted by Gasteiger charge is 2.16. The molecule has 0 radical (unpaired) electrons. The first-order chi connectivity index (χ1) is 13.1. The molecule has 1 fully saturated rings. The van der Waals surface area contributed by atoms with Crippen molar-refractivity contribution in [3.05, 3.63) is 57.8 Å². The van der Waals surface area contributed by atoms with Crippen LogP contribution in [-0.2, 0) is 17.9 Å². The summed E-state index contributed by atoms with van der Waals surface area (Å²) in [5, 5.41) is 4.79. The third-order valence-electron chi connectivity index (χ3n) is 5.04. The molecular formula is C22H28N2O2S. The molecule has 4 nitrogen and oxygen atoms in total. The number of carbonyl (C=O) groups excluding carboxylic acids is 2. The average Bonchev–Trinajstić information content (AvgIpc) is 3.20. The van der Waals surface area contributed by atoms with Crippen molar-refractivity contribution in [1.82, 2.24) is 10.2 Å². The zero-order valence-corrected chi connectivity index (χ0v) is 16.8. The van der Waals surface area contributed by atoms with Crippen LogP contribution in [-0.4, -0.2) is 29.7 Å². The largest absolute Gasteiger partial charge is 0.352 e. The van der Waals surface area contributed by atoms with Gasteiger partial charge in [0.05, 0.1) is 4.88 Å². The summed E-state index contributed by atoms with van der Waals surface area (Å²) < 4.78 is 0. The first-order valence-corrected chi connectivity index (χ1v) is 10.6. The number of likely N-dealkylation sites (tertiary alicyclic amines) is 1. The van der Waals surface area contributed by atoms with E-state index in [0.29, 0.717) is 6.54 Å². The van der Waals surface area contributed by atoms with Crippen LogP contribution in [0.2, 0.25) is 0 Å². The van der Waals surface area contributed by atoms with E-state index in [0.717, 1.165) is 22.9 Å². The number of Topliss-reactive ketones (excluding diaryl/α,β-unsaturated/α-hetero) is 1. The van der Waals surface area contributed by atoms with Crippen LogP contribution in [0.5, 0.6) is 0 Å². The van der Waals surface area contributed by atoms with Gasteiger partial charge in [-0.05, 0) is 47.9 Å². The zero-order valence-electron chi connectivity index (χ0n) is 15.9. The molecule has 1 aromatic heterocycles. The van der Waals surface area contributed by atoms with Crippen LogP contribution in [0.15, 0.2) is 41.8 Å². The summed E-state index contributed by atoms with van der Waals surface area (Å²) in [7, 11) is 0. The number of thiophene rings is 1. The molecule has 2 aromatic rings. The molecule has 0 saturated carbocycles. The van der Waals surface area contributed by atoms with Crippen LogP contribution >= 0.6 is 11.3 Å². The van der Waals surface area contributed by atoms with Crippen molar-refractivity contribution < 1.29 is 9.59 Å². The van der Waals surface area contributed by atoms with Gasteiger partial charge in [-0.25, -0.2) is 0 Å². The summed E-state index contributed by atoms with van der Waals surface area (Å²) in [6.45, 7) is 6.20. The second-order valence-electron chi connectivity index (χ2n) is 7.48. The zero-order chi connectivity index (χ0) is 19.1. The number of hydrogen-bond donors (Lipinski definition) is 1. The Morgan fingerprint density at radius 3 is 2.63 bits per heavy atom. The van der Waals surface area contributed by atoms with Crippen molar-refractivity contribution in [2.24, 2.45) is 5.92 Å². The normalized spacial score (nSPS) is 17.6.